The normalized spacial score (nSPS) is 10.4. The van der Waals surface area contributed by atoms with E-state index in [2.05, 4.69) is 43.5 Å². The molecule has 1 amide bonds. The number of carbonyl (C=O) groups is 1. The van der Waals surface area contributed by atoms with Crippen molar-refractivity contribution in [2.24, 2.45) is 0 Å². The van der Waals surface area contributed by atoms with Crippen LogP contribution in [0.2, 0.25) is 0 Å². The smallest absolute Gasteiger partial charge is 0.274 e. The summed E-state index contributed by atoms with van der Waals surface area (Å²) in [7, 11) is 0. The Morgan fingerprint density at radius 2 is 1.91 bits per heavy atom. The fourth-order valence-electron chi connectivity index (χ4n) is 2.07. The van der Waals surface area contributed by atoms with Crippen LogP contribution in [-0.2, 0) is 0 Å². The van der Waals surface area contributed by atoms with Crippen LogP contribution in [0.1, 0.15) is 42.4 Å². The van der Waals surface area contributed by atoms with Crippen LogP contribution in [-0.4, -0.2) is 22.4 Å². The van der Waals surface area contributed by atoms with Crippen molar-refractivity contribution in [2.45, 2.75) is 33.1 Å². The summed E-state index contributed by atoms with van der Waals surface area (Å²) < 4.78 is 0.965. The fraction of sp³-hybridized carbons (Fsp3) is 0.353. The number of hydrogen-bond donors (Lipinski definition) is 2. The summed E-state index contributed by atoms with van der Waals surface area (Å²) in [6.07, 6.45) is 3.39. The molecule has 0 aliphatic rings. The first-order valence-corrected chi connectivity index (χ1v) is 8.54. The third kappa shape index (κ3) is 5.63. The highest BCUT2D eigenvalue weighted by Crippen LogP contribution is 2.15. The molecule has 0 saturated heterocycles. The lowest BCUT2D eigenvalue weighted by atomic mass is 10.2. The van der Waals surface area contributed by atoms with Crippen LogP contribution in [0.3, 0.4) is 0 Å². The number of hydrogen-bond acceptors (Lipinski definition) is 4. The summed E-state index contributed by atoms with van der Waals surface area (Å²) >= 11 is 3.37. The van der Waals surface area contributed by atoms with Gasteiger partial charge in [0, 0.05) is 22.4 Å². The molecule has 23 heavy (non-hydrogen) atoms. The third-order valence-corrected chi connectivity index (χ3v) is 3.78. The second-order valence-electron chi connectivity index (χ2n) is 5.31. The molecule has 122 valence electrons. The molecule has 0 atom stereocenters. The van der Waals surface area contributed by atoms with Gasteiger partial charge in [-0.25, -0.2) is 9.97 Å². The Morgan fingerprint density at radius 1 is 1.17 bits per heavy atom. The number of rotatable bonds is 7. The molecule has 1 aromatic heterocycles. The van der Waals surface area contributed by atoms with Crippen LogP contribution >= 0.6 is 15.9 Å². The van der Waals surface area contributed by atoms with Crippen molar-refractivity contribution >= 4 is 33.5 Å². The van der Waals surface area contributed by atoms with Gasteiger partial charge in [-0.05, 0) is 43.7 Å². The third-order valence-electron chi connectivity index (χ3n) is 3.25. The van der Waals surface area contributed by atoms with Crippen LogP contribution in [0.15, 0.2) is 34.8 Å². The zero-order chi connectivity index (χ0) is 16.7. The zero-order valence-electron chi connectivity index (χ0n) is 13.4. The second kappa shape index (κ2) is 8.62. The molecule has 2 aromatic rings. The highest BCUT2D eigenvalue weighted by atomic mass is 79.9. The highest BCUT2D eigenvalue weighted by molar-refractivity contribution is 9.10. The van der Waals surface area contributed by atoms with Crippen molar-refractivity contribution < 1.29 is 4.79 Å². The first-order chi connectivity index (χ1) is 11.1. The molecule has 0 saturated carbocycles. The van der Waals surface area contributed by atoms with E-state index in [0.29, 0.717) is 11.6 Å². The molecule has 2 N–H and O–H groups in total. The Bertz CT molecular complexity index is 658. The lowest BCUT2D eigenvalue weighted by molar-refractivity contribution is 0.102. The number of benzene rings is 1. The van der Waals surface area contributed by atoms with Crippen LogP contribution in [0.25, 0.3) is 0 Å². The van der Waals surface area contributed by atoms with E-state index >= 15 is 0 Å². The van der Waals surface area contributed by atoms with E-state index in [1.54, 1.807) is 6.07 Å². The monoisotopic (exact) mass is 376 g/mol. The van der Waals surface area contributed by atoms with Gasteiger partial charge in [-0.3, -0.25) is 4.79 Å². The van der Waals surface area contributed by atoms with Crippen LogP contribution < -0.4 is 10.6 Å². The number of halogens is 1. The van der Waals surface area contributed by atoms with E-state index in [1.165, 1.54) is 0 Å². The maximum absolute atomic E-state index is 12.3. The van der Waals surface area contributed by atoms with Gasteiger partial charge >= 0.3 is 0 Å². The Labute approximate surface area is 145 Å². The van der Waals surface area contributed by atoms with Gasteiger partial charge in [-0.15, -0.1) is 0 Å². The minimum absolute atomic E-state index is 0.241. The molecule has 0 unspecified atom stereocenters. The topological polar surface area (TPSA) is 66.9 Å². The van der Waals surface area contributed by atoms with Gasteiger partial charge < -0.3 is 10.6 Å². The average molecular weight is 377 g/mol. The largest absolute Gasteiger partial charge is 0.354 e. The van der Waals surface area contributed by atoms with E-state index < -0.39 is 0 Å². The molecule has 0 fully saturated rings. The lowest BCUT2D eigenvalue weighted by Gasteiger charge is -2.09. The fourth-order valence-corrected chi connectivity index (χ4v) is 2.33. The summed E-state index contributed by atoms with van der Waals surface area (Å²) in [4.78, 5) is 21.0. The molecule has 0 aliphatic carbocycles. The molecular formula is C17H21BrN4O. The first kappa shape index (κ1) is 17.4. The van der Waals surface area contributed by atoms with Crippen molar-refractivity contribution in [1.29, 1.82) is 0 Å². The Balaban J connectivity index is 2.04. The quantitative estimate of drug-likeness (QED) is 0.702. The van der Waals surface area contributed by atoms with Crippen LogP contribution in [0.4, 0.5) is 11.6 Å². The minimum atomic E-state index is -0.241. The zero-order valence-corrected chi connectivity index (χ0v) is 15.0. The van der Waals surface area contributed by atoms with E-state index in [9.17, 15) is 4.79 Å². The van der Waals surface area contributed by atoms with Gasteiger partial charge in [0.15, 0.2) is 0 Å². The van der Waals surface area contributed by atoms with E-state index in [4.69, 9.17) is 0 Å². The van der Waals surface area contributed by atoms with Gasteiger partial charge in [0.25, 0.3) is 5.91 Å². The van der Waals surface area contributed by atoms with Crippen LogP contribution in [0.5, 0.6) is 0 Å². The Hall–Kier alpha value is -1.95. The standard InChI is InChI=1S/C17H21BrN4O/c1-3-4-5-10-19-17-20-12(2)11-15(22-17)16(23)21-14-8-6-13(18)7-9-14/h6-9,11H,3-5,10H2,1-2H3,(H,21,23)(H,19,20,22). The van der Waals surface area contributed by atoms with Crippen molar-refractivity contribution in [3.05, 3.63) is 46.2 Å². The van der Waals surface area contributed by atoms with Gasteiger partial charge in [-0.2, -0.15) is 0 Å². The molecule has 6 heteroatoms. The molecule has 0 bridgehead atoms. The summed E-state index contributed by atoms with van der Waals surface area (Å²) in [5.41, 5.74) is 1.85. The summed E-state index contributed by atoms with van der Waals surface area (Å²) in [6.45, 7) is 4.83. The number of anilines is 2. The molecule has 0 spiro atoms. The van der Waals surface area contributed by atoms with Gasteiger partial charge in [0.05, 0.1) is 0 Å². The molecule has 2 rings (SSSR count). The number of amides is 1. The second-order valence-corrected chi connectivity index (χ2v) is 6.23. The average Bonchev–Trinajstić information content (AvgIpc) is 2.53. The first-order valence-electron chi connectivity index (χ1n) is 7.75. The van der Waals surface area contributed by atoms with E-state index in [0.717, 1.165) is 41.7 Å². The minimum Gasteiger partial charge on any atom is -0.354 e. The SMILES string of the molecule is CCCCCNc1nc(C)cc(C(=O)Nc2ccc(Br)cc2)n1. The number of nitrogens with one attached hydrogen (secondary N) is 2. The van der Waals surface area contributed by atoms with Gasteiger partial charge in [-0.1, -0.05) is 35.7 Å². The number of aromatic nitrogens is 2. The van der Waals surface area contributed by atoms with Crippen molar-refractivity contribution in [3.63, 3.8) is 0 Å². The number of aryl methyl sites for hydroxylation is 1. The molecule has 0 radical (unpaired) electrons. The maximum Gasteiger partial charge on any atom is 0.274 e. The summed E-state index contributed by atoms with van der Waals surface area (Å²) in [5, 5.41) is 6.02. The van der Waals surface area contributed by atoms with E-state index in [-0.39, 0.29) is 5.91 Å². The molecule has 1 heterocycles. The summed E-state index contributed by atoms with van der Waals surface area (Å²) in [5.74, 6) is 0.261. The van der Waals surface area contributed by atoms with Crippen LogP contribution in [0, 0.1) is 6.92 Å². The van der Waals surface area contributed by atoms with Crippen molar-refractivity contribution in [1.82, 2.24) is 9.97 Å². The van der Waals surface area contributed by atoms with Gasteiger partial charge in [0.1, 0.15) is 5.69 Å². The number of nitrogens with zero attached hydrogens (tertiary/aromatic N) is 2. The number of unbranched alkanes of at least 4 members (excludes halogenated alkanes) is 2. The highest BCUT2D eigenvalue weighted by Gasteiger charge is 2.11. The van der Waals surface area contributed by atoms with Crippen molar-refractivity contribution in [3.8, 4) is 0 Å². The predicted molar refractivity (Wildman–Crippen MR) is 96.9 cm³/mol. The van der Waals surface area contributed by atoms with Crippen molar-refractivity contribution in [2.75, 3.05) is 17.2 Å². The predicted octanol–water partition coefficient (Wildman–Crippen LogP) is 4.40. The number of carbonyl (C=O) groups excluding carboxylic acids is 1. The molecule has 0 aliphatic heterocycles. The van der Waals surface area contributed by atoms with E-state index in [1.807, 2.05) is 31.2 Å². The lowest BCUT2D eigenvalue weighted by Crippen LogP contribution is -2.16. The summed E-state index contributed by atoms with van der Waals surface area (Å²) in [6, 6.07) is 9.11. The Kier molecular flexibility index (Phi) is 6.52. The van der Waals surface area contributed by atoms with Gasteiger partial charge in [0.2, 0.25) is 5.95 Å². The molecule has 1 aromatic carbocycles. The molecular weight excluding hydrogens is 356 g/mol. The Morgan fingerprint density at radius 3 is 2.61 bits per heavy atom. The molecule has 5 nitrogen and oxygen atoms in total. The maximum atomic E-state index is 12.3.